The van der Waals surface area contributed by atoms with E-state index in [-0.39, 0.29) is 45.7 Å². The Labute approximate surface area is 264 Å². The Morgan fingerprint density at radius 1 is 1.09 bits per heavy atom. The normalized spacial score (nSPS) is 16.4. The minimum absolute atomic E-state index is 0.0130. The summed E-state index contributed by atoms with van der Waals surface area (Å²) in [5.41, 5.74) is 7.90. The van der Waals surface area contributed by atoms with E-state index in [2.05, 4.69) is 37.1 Å². The van der Waals surface area contributed by atoms with Crippen molar-refractivity contribution in [2.24, 2.45) is 0 Å². The molecule has 1 fully saturated rings. The molecule has 0 saturated carbocycles. The van der Waals surface area contributed by atoms with Crippen LogP contribution < -0.4 is 30.2 Å². The van der Waals surface area contributed by atoms with Crippen molar-refractivity contribution in [3.8, 4) is 17.2 Å². The number of benzene rings is 1. The van der Waals surface area contributed by atoms with Gasteiger partial charge in [0, 0.05) is 51.2 Å². The van der Waals surface area contributed by atoms with Gasteiger partial charge >= 0.3 is 0 Å². The number of anilines is 2. The number of carbonyl (C=O) groups is 2. The zero-order valence-electron chi connectivity index (χ0n) is 24.9. The predicted octanol–water partition coefficient (Wildman–Crippen LogP) is 2.78. The summed E-state index contributed by atoms with van der Waals surface area (Å²) >= 11 is 13.2. The maximum absolute atomic E-state index is 13.9. The van der Waals surface area contributed by atoms with Gasteiger partial charge in [-0.3, -0.25) is 19.4 Å². The number of amides is 2. The van der Waals surface area contributed by atoms with Crippen molar-refractivity contribution in [1.82, 2.24) is 30.1 Å². The minimum Gasteiger partial charge on any atom is -0.493 e. The summed E-state index contributed by atoms with van der Waals surface area (Å²) in [7, 11) is 6.52. The number of aromatic amines is 1. The Hall–Kier alpha value is -4.04. The number of hydrogen-bond donors (Lipinski definition) is 3. The Balaban J connectivity index is 1.39. The molecule has 15 heteroatoms. The molecule has 1 aromatic carbocycles. The molecular weight excluding hydrogens is 611 g/mol. The van der Waals surface area contributed by atoms with Gasteiger partial charge in [-0.15, -0.1) is 0 Å². The molecule has 4 N–H and O–H groups in total. The summed E-state index contributed by atoms with van der Waals surface area (Å²) in [5.74, 6) is 0.430. The van der Waals surface area contributed by atoms with Crippen LogP contribution in [-0.4, -0.2) is 104 Å². The largest absolute Gasteiger partial charge is 0.493 e. The summed E-state index contributed by atoms with van der Waals surface area (Å²) < 4.78 is 16.4. The number of nitrogens with two attached hydrogens (primary N) is 1. The fourth-order valence-electron chi connectivity index (χ4n) is 5.23. The topological polar surface area (TPSA) is 151 Å². The summed E-state index contributed by atoms with van der Waals surface area (Å²) in [5, 5.41) is 3.21. The molecule has 5 rings (SSSR count). The van der Waals surface area contributed by atoms with Gasteiger partial charge in [0.15, 0.2) is 17.3 Å². The number of methoxy groups -OCH3 is 3. The molecule has 13 nitrogen and oxygen atoms in total. The van der Waals surface area contributed by atoms with Crippen molar-refractivity contribution in [3.63, 3.8) is 0 Å². The number of ether oxygens (including phenoxy) is 3. The van der Waals surface area contributed by atoms with Gasteiger partial charge in [0.2, 0.25) is 11.7 Å². The van der Waals surface area contributed by atoms with Crippen LogP contribution >= 0.6 is 23.2 Å². The van der Waals surface area contributed by atoms with Crippen LogP contribution in [0.25, 0.3) is 11.6 Å². The summed E-state index contributed by atoms with van der Waals surface area (Å²) in [6, 6.07) is 3.32. The molecule has 2 aliphatic heterocycles. The minimum atomic E-state index is -0.417. The average Bonchev–Trinajstić information content (AvgIpc) is 3.57. The van der Waals surface area contributed by atoms with E-state index in [0.717, 1.165) is 32.7 Å². The van der Waals surface area contributed by atoms with Crippen molar-refractivity contribution in [3.05, 3.63) is 50.9 Å². The number of carbonyl (C=O) groups excluding carboxylic acids is 2. The van der Waals surface area contributed by atoms with E-state index in [4.69, 9.17) is 43.1 Å². The molecular formula is C29H34Cl2N8O5. The fraction of sp³-hybridized carbons (Fsp3) is 0.379. The highest BCUT2D eigenvalue weighted by Crippen LogP contribution is 2.47. The van der Waals surface area contributed by atoms with E-state index in [9.17, 15) is 9.59 Å². The van der Waals surface area contributed by atoms with Gasteiger partial charge in [-0.2, -0.15) is 4.98 Å². The second kappa shape index (κ2) is 13.3. The van der Waals surface area contributed by atoms with E-state index in [0.29, 0.717) is 40.4 Å². The first-order valence-electron chi connectivity index (χ1n) is 13.9. The molecule has 0 atom stereocenters. The average molecular weight is 646 g/mol. The molecule has 44 heavy (non-hydrogen) atoms. The summed E-state index contributed by atoms with van der Waals surface area (Å²) in [6.45, 7) is 5.27. The van der Waals surface area contributed by atoms with Crippen LogP contribution in [0.3, 0.4) is 0 Å². The molecule has 0 unspecified atom stereocenters. The number of fused-ring (bicyclic) bond motifs is 1. The highest BCUT2D eigenvalue weighted by atomic mass is 35.5. The molecule has 234 valence electrons. The van der Waals surface area contributed by atoms with E-state index in [1.54, 1.807) is 24.4 Å². The van der Waals surface area contributed by atoms with E-state index in [1.807, 2.05) is 0 Å². The van der Waals surface area contributed by atoms with Gasteiger partial charge in [-0.25, -0.2) is 4.98 Å². The molecule has 3 aromatic rings. The maximum Gasteiger partial charge on any atom is 0.260 e. The molecule has 0 radical (unpaired) electrons. The molecule has 2 amide bonds. The van der Waals surface area contributed by atoms with Gasteiger partial charge < -0.3 is 35.1 Å². The third-order valence-electron chi connectivity index (χ3n) is 7.61. The third kappa shape index (κ3) is 6.27. The van der Waals surface area contributed by atoms with E-state index >= 15 is 0 Å². The Kier molecular flexibility index (Phi) is 9.49. The number of H-pyrrole nitrogens is 1. The van der Waals surface area contributed by atoms with Crippen LogP contribution in [0.5, 0.6) is 17.2 Å². The fourth-order valence-corrected chi connectivity index (χ4v) is 5.78. The van der Waals surface area contributed by atoms with Gasteiger partial charge in [-0.05, 0) is 30.8 Å². The van der Waals surface area contributed by atoms with E-state index in [1.165, 1.54) is 26.2 Å². The lowest BCUT2D eigenvalue weighted by Crippen LogP contribution is -2.46. The molecule has 2 aliphatic rings. The van der Waals surface area contributed by atoms with Crippen molar-refractivity contribution >= 4 is 58.4 Å². The Bertz CT molecular complexity index is 1600. The van der Waals surface area contributed by atoms with Crippen LogP contribution in [0.1, 0.15) is 27.2 Å². The van der Waals surface area contributed by atoms with Gasteiger partial charge in [0.05, 0.1) is 49.6 Å². The van der Waals surface area contributed by atoms with E-state index < -0.39 is 5.91 Å². The highest BCUT2D eigenvalue weighted by Gasteiger charge is 2.38. The zero-order chi connectivity index (χ0) is 31.5. The van der Waals surface area contributed by atoms with Crippen molar-refractivity contribution in [2.75, 3.05) is 78.3 Å². The summed E-state index contributed by atoms with van der Waals surface area (Å²) in [6.07, 6.45) is 3.19. The number of nitrogens with one attached hydrogen (secondary N) is 2. The van der Waals surface area contributed by atoms with Crippen molar-refractivity contribution in [2.45, 2.75) is 6.54 Å². The second-order valence-electron chi connectivity index (χ2n) is 10.4. The lowest BCUT2D eigenvalue weighted by atomic mass is 10.1. The number of aromatic nitrogens is 3. The first-order chi connectivity index (χ1) is 21.1. The predicted molar refractivity (Wildman–Crippen MR) is 169 cm³/mol. The van der Waals surface area contributed by atoms with Crippen molar-refractivity contribution in [1.29, 1.82) is 0 Å². The smallest absolute Gasteiger partial charge is 0.260 e. The van der Waals surface area contributed by atoms with Crippen LogP contribution in [0.2, 0.25) is 10.2 Å². The summed E-state index contributed by atoms with van der Waals surface area (Å²) in [4.78, 5) is 44.2. The van der Waals surface area contributed by atoms with Crippen LogP contribution in [0.15, 0.2) is 18.3 Å². The lowest BCUT2D eigenvalue weighted by Gasteiger charge is -2.32. The van der Waals surface area contributed by atoms with Crippen LogP contribution in [-0.2, 0) is 11.3 Å². The first kappa shape index (κ1) is 31.4. The SMILES string of the molecule is COc1cc(CN2C(=O)/C(=C\c3cc(C(=O)NCCN4CCN(C)CC4)c[nH]3)c3c(Cl)nc(N)nc32)c(Cl)c(OC)c1OC. The number of likely N-dealkylation sites (N-methyl/N-ethyl adjacent to an activating group) is 1. The number of halogens is 2. The third-order valence-corrected chi connectivity index (χ3v) is 8.30. The molecule has 1 saturated heterocycles. The second-order valence-corrected chi connectivity index (χ2v) is 11.1. The van der Waals surface area contributed by atoms with Gasteiger partial charge in [0.1, 0.15) is 5.15 Å². The maximum atomic E-state index is 13.9. The van der Waals surface area contributed by atoms with Crippen LogP contribution in [0.4, 0.5) is 11.8 Å². The number of rotatable bonds is 10. The molecule has 0 aliphatic carbocycles. The Morgan fingerprint density at radius 2 is 1.82 bits per heavy atom. The standard InChI is InChI=1S/C29H34Cl2N8O5/c1-37-7-9-38(10-8-37)6-5-33-27(40)16-11-18(34-14-16)13-19-21-25(31)35-29(32)36-26(21)39(28(19)41)15-17-12-20(42-2)23(43-3)24(44-4)22(17)30/h11-14,34H,5-10,15H2,1-4H3,(H,33,40)(H2,32,35,36)/b19-13-. The monoisotopic (exact) mass is 644 g/mol. The lowest BCUT2D eigenvalue weighted by molar-refractivity contribution is -0.113. The van der Waals surface area contributed by atoms with Gasteiger partial charge in [-0.1, -0.05) is 23.2 Å². The molecule has 2 aromatic heterocycles. The zero-order valence-corrected chi connectivity index (χ0v) is 26.4. The number of nitrogens with zero attached hydrogens (tertiary/aromatic N) is 5. The molecule has 0 bridgehead atoms. The van der Waals surface area contributed by atoms with Gasteiger partial charge in [0.25, 0.3) is 11.8 Å². The number of nitrogen functional groups attached to an aromatic ring is 1. The number of hydrogen-bond acceptors (Lipinski definition) is 10. The van der Waals surface area contributed by atoms with Crippen LogP contribution in [0, 0.1) is 0 Å². The van der Waals surface area contributed by atoms with Crippen molar-refractivity contribution < 1.29 is 23.8 Å². The highest BCUT2D eigenvalue weighted by molar-refractivity contribution is 6.41. The molecule has 0 spiro atoms. The Morgan fingerprint density at radius 3 is 2.50 bits per heavy atom. The quantitative estimate of drug-likeness (QED) is 0.222. The first-order valence-corrected chi connectivity index (χ1v) is 14.6. The molecule has 4 heterocycles. The number of piperazine rings is 1.